The average molecular weight is 647 g/mol. The van der Waals surface area contributed by atoms with Gasteiger partial charge in [0.05, 0.1) is 25.7 Å². The molecule has 252 valence electrons. The fraction of sp³-hybridized carbons (Fsp3) is 0.537. The number of ether oxygens (including phenoxy) is 2. The Morgan fingerprint density at radius 1 is 1.00 bits per heavy atom. The molecule has 2 aromatic carbocycles. The molecule has 6 heterocycles. The maximum Gasteiger partial charge on any atom is 0.310 e. The predicted molar refractivity (Wildman–Crippen MR) is 191 cm³/mol. The Bertz CT molecular complexity index is 1940. The second kappa shape index (κ2) is 11.5. The molecule has 48 heavy (non-hydrogen) atoms. The first-order valence-corrected chi connectivity index (χ1v) is 18.4. The normalized spacial score (nSPS) is 33.6. The Morgan fingerprint density at radius 3 is 2.65 bits per heavy atom. The number of H-pyrrole nitrogens is 2. The lowest BCUT2D eigenvalue weighted by atomic mass is 9.65. The molecule has 6 aliphatic rings. The van der Waals surface area contributed by atoms with Crippen molar-refractivity contribution in [3.8, 4) is 5.75 Å². The number of hydrogen-bond acceptors (Lipinski definition) is 5. The zero-order chi connectivity index (χ0) is 32.8. The highest BCUT2D eigenvalue weighted by Crippen LogP contribution is 2.54. The summed E-state index contributed by atoms with van der Waals surface area (Å²) in [5.41, 5.74) is 10.5. The minimum atomic E-state index is -0.246. The van der Waals surface area contributed by atoms with Crippen molar-refractivity contribution in [2.24, 2.45) is 23.7 Å². The number of carbonyl (C=O) groups excluding carboxylic acids is 1. The summed E-state index contributed by atoms with van der Waals surface area (Å²) in [7, 11) is 5.54. The van der Waals surface area contributed by atoms with Crippen molar-refractivity contribution in [1.82, 2.24) is 19.8 Å². The van der Waals surface area contributed by atoms with E-state index in [1.165, 1.54) is 75.7 Å². The van der Waals surface area contributed by atoms with Crippen molar-refractivity contribution in [3.63, 3.8) is 0 Å². The molecule has 2 aromatic heterocycles. The number of methoxy groups -OCH3 is 2. The maximum atomic E-state index is 13.8. The number of piperidine rings is 3. The molecule has 7 heteroatoms. The summed E-state index contributed by atoms with van der Waals surface area (Å²) in [6.45, 7) is 7.81. The number of hydrogen-bond donors (Lipinski definition) is 2. The highest BCUT2D eigenvalue weighted by atomic mass is 16.5. The number of rotatable bonds is 4. The molecule has 2 aliphatic carbocycles. The van der Waals surface area contributed by atoms with E-state index in [2.05, 4.69) is 83.1 Å². The Kier molecular flexibility index (Phi) is 7.32. The summed E-state index contributed by atoms with van der Waals surface area (Å²) in [6.07, 6.45) is 8.88. The second-order valence-electron chi connectivity index (χ2n) is 15.5. The number of nitrogens with one attached hydrogen (secondary N) is 2. The van der Waals surface area contributed by atoms with Gasteiger partial charge in [-0.2, -0.15) is 0 Å². The molecule has 0 radical (unpaired) electrons. The number of aromatic nitrogens is 2. The van der Waals surface area contributed by atoms with E-state index in [0.29, 0.717) is 12.0 Å². The van der Waals surface area contributed by atoms with Gasteiger partial charge in [0, 0.05) is 76.8 Å². The van der Waals surface area contributed by atoms with Crippen LogP contribution in [0.15, 0.2) is 48.0 Å². The van der Waals surface area contributed by atoms with E-state index in [9.17, 15) is 4.79 Å². The average Bonchev–Trinajstić information content (AvgIpc) is 3.64. The molecule has 0 spiro atoms. The smallest absolute Gasteiger partial charge is 0.310 e. The molecule has 6 bridgehead atoms. The van der Waals surface area contributed by atoms with E-state index in [0.717, 1.165) is 55.5 Å². The topological polar surface area (TPSA) is 73.6 Å². The Morgan fingerprint density at radius 2 is 1.85 bits per heavy atom. The highest BCUT2D eigenvalue weighted by Gasteiger charge is 2.50. The molecule has 4 aliphatic heterocycles. The molecule has 4 aromatic rings. The third-order valence-corrected chi connectivity index (χ3v) is 13.5. The van der Waals surface area contributed by atoms with Crippen molar-refractivity contribution >= 4 is 27.8 Å². The molecule has 2 N–H and O–H groups in total. The molecular formula is C41H50N4O3. The van der Waals surface area contributed by atoms with Crippen molar-refractivity contribution in [1.29, 1.82) is 0 Å². The Hall–Kier alpha value is -3.55. The van der Waals surface area contributed by atoms with E-state index in [1.54, 1.807) is 7.11 Å². The fourth-order valence-electron chi connectivity index (χ4n) is 11.5. The lowest BCUT2D eigenvalue weighted by Gasteiger charge is -2.53. The molecule has 10 rings (SSSR count). The van der Waals surface area contributed by atoms with Gasteiger partial charge in [-0.25, -0.2) is 0 Å². The van der Waals surface area contributed by atoms with E-state index >= 15 is 0 Å². The molecule has 3 saturated heterocycles. The van der Waals surface area contributed by atoms with Gasteiger partial charge < -0.3 is 19.4 Å². The van der Waals surface area contributed by atoms with Crippen molar-refractivity contribution in [3.05, 3.63) is 76.1 Å². The summed E-state index contributed by atoms with van der Waals surface area (Å²) < 4.78 is 11.9. The molecule has 1 unspecified atom stereocenters. The van der Waals surface area contributed by atoms with Crippen LogP contribution in [0.1, 0.15) is 79.4 Å². The van der Waals surface area contributed by atoms with Crippen LogP contribution in [0.25, 0.3) is 21.8 Å². The standard InChI is InChI=1S/C41H50N4O3/c1-6-23-16-22-17-31-37-27(14-15-45(20-22)40(23)31)26-12-13-34(47-4)36(39(26)43-37)30-18-28-24(7-2)21-44(3)33(35(28)41(46)48-5)19-29-25-10-8-9-11-32(25)42-38(29)30/h7-13,22-23,28,30-31,33,35,40,42-43H,6,14-21H2,1-5H3/t22-,23+,28+,30-,31+,33+,35-,40+/m1/s1. The molecule has 9 atom stereocenters. The van der Waals surface area contributed by atoms with Crippen LogP contribution in [-0.2, 0) is 22.4 Å². The summed E-state index contributed by atoms with van der Waals surface area (Å²) in [4.78, 5) is 27.2. The summed E-state index contributed by atoms with van der Waals surface area (Å²) in [5, 5.41) is 2.61. The number of likely N-dealkylation sites (N-methyl/N-ethyl adjacent to an activating group) is 1. The van der Waals surface area contributed by atoms with Crippen LogP contribution in [-0.4, -0.2) is 78.7 Å². The van der Waals surface area contributed by atoms with Crippen molar-refractivity contribution < 1.29 is 14.3 Å². The minimum Gasteiger partial charge on any atom is -0.496 e. The highest BCUT2D eigenvalue weighted by molar-refractivity contribution is 5.92. The van der Waals surface area contributed by atoms with E-state index in [-0.39, 0.29) is 29.8 Å². The van der Waals surface area contributed by atoms with Crippen LogP contribution < -0.4 is 4.74 Å². The fourth-order valence-corrected chi connectivity index (χ4v) is 11.5. The van der Waals surface area contributed by atoms with Crippen LogP contribution in [0, 0.1) is 23.7 Å². The van der Waals surface area contributed by atoms with E-state index in [1.807, 2.05) is 7.11 Å². The van der Waals surface area contributed by atoms with Gasteiger partial charge in [-0.05, 0) is 93.2 Å². The van der Waals surface area contributed by atoms with E-state index in [4.69, 9.17) is 9.47 Å². The molecule has 4 fully saturated rings. The summed E-state index contributed by atoms with van der Waals surface area (Å²) in [6, 6.07) is 13.9. The zero-order valence-corrected chi connectivity index (χ0v) is 29.1. The number of fused-ring (bicyclic) bond motifs is 9. The second-order valence-corrected chi connectivity index (χ2v) is 15.5. The number of likely N-dealkylation sites (tertiary alicyclic amines) is 1. The Labute approximate surface area is 284 Å². The largest absolute Gasteiger partial charge is 0.496 e. The predicted octanol–water partition coefficient (Wildman–Crippen LogP) is 7.16. The lowest BCUT2D eigenvalue weighted by molar-refractivity contribution is -0.151. The van der Waals surface area contributed by atoms with Crippen LogP contribution in [0.2, 0.25) is 0 Å². The maximum absolute atomic E-state index is 13.8. The van der Waals surface area contributed by atoms with Crippen LogP contribution >= 0.6 is 0 Å². The van der Waals surface area contributed by atoms with Gasteiger partial charge >= 0.3 is 5.97 Å². The zero-order valence-electron chi connectivity index (χ0n) is 29.1. The quantitative estimate of drug-likeness (QED) is 0.182. The van der Waals surface area contributed by atoms with Crippen LogP contribution in [0.4, 0.5) is 0 Å². The summed E-state index contributed by atoms with van der Waals surface area (Å²) >= 11 is 0. The van der Waals surface area contributed by atoms with Crippen molar-refractivity contribution in [2.75, 3.05) is 40.9 Å². The molecule has 0 amide bonds. The first-order chi connectivity index (χ1) is 23.4. The van der Waals surface area contributed by atoms with Crippen molar-refractivity contribution in [2.45, 2.75) is 76.3 Å². The third-order valence-electron chi connectivity index (χ3n) is 13.5. The van der Waals surface area contributed by atoms with Gasteiger partial charge in [0.15, 0.2) is 0 Å². The van der Waals surface area contributed by atoms with E-state index < -0.39 is 0 Å². The molecule has 7 nitrogen and oxygen atoms in total. The molecular weight excluding hydrogens is 596 g/mol. The SMILES string of the molecule is CC=C1CN(C)[C@H]2Cc3c([nH]c4ccccc34)[C@@H](c3c(OC)ccc4c5c([nH]c34)[C@@H]3C[C@H]4C[C@H](CC)[C@@H]3N(CC5)C4)C[C@@H]1[C@H]2C(=O)OC. The number of esters is 1. The van der Waals surface area contributed by atoms with Gasteiger partial charge in [-0.15, -0.1) is 0 Å². The van der Waals surface area contributed by atoms with Gasteiger partial charge in [0.25, 0.3) is 0 Å². The number of nitrogens with zero attached hydrogens (tertiary/aromatic N) is 2. The third kappa shape index (κ3) is 4.35. The monoisotopic (exact) mass is 646 g/mol. The lowest BCUT2D eigenvalue weighted by Crippen LogP contribution is -2.56. The first kappa shape index (κ1) is 30.5. The molecule has 1 saturated carbocycles. The van der Waals surface area contributed by atoms with Crippen LogP contribution in [0.5, 0.6) is 5.75 Å². The number of allylic oxidation sites excluding steroid dienone is 1. The Balaban J connectivity index is 1.28. The number of aromatic amines is 2. The van der Waals surface area contributed by atoms with Gasteiger partial charge in [-0.3, -0.25) is 14.6 Å². The number of carbonyl (C=O) groups is 1. The minimum absolute atomic E-state index is 0.00694. The number of para-hydroxylation sites is 1. The summed E-state index contributed by atoms with van der Waals surface area (Å²) in [5.74, 6) is 2.78. The van der Waals surface area contributed by atoms with Crippen LogP contribution in [0.3, 0.4) is 0 Å². The van der Waals surface area contributed by atoms with Gasteiger partial charge in [0.2, 0.25) is 0 Å². The number of benzene rings is 2. The van der Waals surface area contributed by atoms with Gasteiger partial charge in [-0.1, -0.05) is 43.2 Å². The first-order valence-electron chi connectivity index (χ1n) is 18.4. The van der Waals surface area contributed by atoms with Gasteiger partial charge in [0.1, 0.15) is 5.75 Å².